The number of aryl methyl sites for hydroxylation is 1. The number of aliphatic carboxylic acids is 1. The lowest BCUT2D eigenvalue weighted by Gasteiger charge is -2.15. The maximum Gasteiger partial charge on any atom is 0.304 e. The molecule has 108 valence electrons. The van der Waals surface area contributed by atoms with Crippen molar-refractivity contribution in [1.82, 2.24) is 14.1 Å². The van der Waals surface area contributed by atoms with E-state index < -0.39 is 16.2 Å². The average Bonchev–Trinajstić information content (AvgIpc) is 2.65. The van der Waals surface area contributed by atoms with Crippen LogP contribution in [0.3, 0.4) is 0 Å². The van der Waals surface area contributed by atoms with Gasteiger partial charge in [0.1, 0.15) is 0 Å². The minimum Gasteiger partial charge on any atom is -0.481 e. The number of ether oxygens (including phenoxy) is 1. The van der Waals surface area contributed by atoms with Gasteiger partial charge in [-0.1, -0.05) is 0 Å². The van der Waals surface area contributed by atoms with E-state index in [0.29, 0.717) is 5.88 Å². The smallest absolute Gasteiger partial charge is 0.304 e. The third-order valence-electron chi connectivity index (χ3n) is 2.33. The first-order valence-corrected chi connectivity index (χ1v) is 6.74. The van der Waals surface area contributed by atoms with Crippen LogP contribution in [-0.4, -0.2) is 54.3 Å². The second kappa shape index (κ2) is 5.89. The first-order valence-electron chi connectivity index (χ1n) is 5.30. The first-order chi connectivity index (χ1) is 8.76. The SMILES string of the molecule is COc1cc(NS(=O)(=O)N(C)CCC(=O)O)nn1C. The Hall–Kier alpha value is -1.81. The normalized spacial score (nSPS) is 11.6. The summed E-state index contributed by atoms with van der Waals surface area (Å²) in [7, 11) is 0.492. The topological polar surface area (TPSA) is 114 Å². The zero-order valence-corrected chi connectivity index (χ0v) is 11.6. The molecule has 0 saturated carbocycles. The molecular formula is C9H16N4O5S. The molecule has 10 heteroatoms. The number of methoxy groups -OCH3 is 1. The van der Waals surface area contributed by atoms with Gasteiger partial charge in [-0.15, -0.1) is 0 Å². The van der Waals surface area contributed by atoms with E-state index in [2.05, 4.69) is 9.82 Å². The predicted octanol–water partition coefficient (Wildman–Crippen LogP) is -0.508. The van der Waals surface area contributed by atoms with Gasteiger partial charge in [-0.05, 0) is 0 Å². The molecule has 0 fully saturated rings. The maximum absolute atomic E-state index is 11.9. The standard InChI is InChI=1S/C9H16N4O5S/c1-12(5-4-9(14)15)19(16,17)11-7-6-8(18-3)13(2)10-7/h6H,4-5H2,1-3H3,(H,10,11)(H,14,15). The highest BCUT2D eigenvalue weighted by Gasteiger charge is 2.20. The minimum absolute atomic E-state index is 0.0986. The zero-order chi connectivity index (χ0) is 14.6. The van der Waals surface area contributed by atoms with Crippen molar-refractivity contribution < 1.29 is 23.1 Å². The van der Waals surface area contributed by atoms with E-state index >= 15 is 0 Å². The van der Waals surface area contributed by atoms with Gasteiger partial charge in [-0.3, -0.25) is 9.52 Å². The molecule has 1 rings (SSSR count). The van der Waals surface area contributed by atoms with Gasteiger partial charge < -0.3 is 9.84 Å². The van der Waals surface area contributed by atoms with Crippen molar-refractivity contribution in [2.24, 2.45) is 7.05 Å². The Balaban J connectivity index is 2.75. The highest BCUT2D eigenvalue weighted by atomic mass is 32.2. The second-order valence-electron chi connectivity index (χ2n) is 3.77. The number of aromatic nitrogens is 2. The molecule has 0 radical (unpaired) electrons. The van der Waals surface area contributed by atoms with E-state index in [9.17, 15) is 13.2 Å². The number of carboxylic acid groups (broad SMARTS) is 1. The van der Waals surface area contributed by atoms with Crippen LogP contribution in [0.2, 0.25) is 0 Å². The Labute approximate surface area is 111 Å². The highest BCUT2D eigenvalue weighted by molar-refractivity contribution is 7.90. The van der Waals surface area contributed by atoms with Crippen molar-refractivity contribution >= 4 is 22.0 Å². The molecule has 0 aromatic carbocycles. The summed E-state index contributed by atoms with van der Waals surface area (Å²) < 4.78 is 33.2. The van der Waals surface area contributed by atoms with Crippen LogP contribution in [0.1, 0.15) is 6.42 Å². The van der Waals surface area contributed by atoms with E-state index in [-0.39, 0.29) is 18.8 Å². The number of anilines is 1. The van der Waals surface area contributed by atoms with Crippen LogP contribution < -0.4 is 9.46 Å². The van der Waals surface area contributed by atoms with Crippen molar-refractivity contribution in [3.8, 4) is 5.88 Å². The Bertz CT molecular complexity index is 553. The molecule has 0 aliphatic rings. The molecule has 2 N–H and O–H groups in total. The fourth-order valence-electron chi connectivity index (χ4n) is 1.27. The number of nitrogens with zero attached hydrogens (tertiary/aromatic N) is 3. The first kappa shape index (κ1) is 15.2. The molecular weight excluding hydrogens is 276 g/mol. The molecule has 0 unspecified atom stereocenters. The number of nitrogens with one attached hydrogen (secondary N) is 1. The van der Waals surface area contributed by atoms with Crippen LogP contribution >= 0.6 is 0 Å². The fraction of sp³-hybridized carbons (Fsp3) is 0.556. The monoisotopic (exact) mass is 292 g/mol. The van der Waals surface area contributed by atoms with Gasteiger partial charge in [0.05, 0.1) is 13.5 Å². The van der Waals surface area contributed by atoms with E-state index in [0.717, 1.165) is 4.31 Å². The molecule has 0 spiro atoms. The molecule has 1 heterocycles. The number of carbonyl (C=O) groups is 1. The fourth-order valence-corrected chi connectivity index (χ4v) is 2.13. The molecule has 0 atom stereocenters. The van der Waals surface area contributed by atoms with Gasteiger partial charge in [-0.25, -0.2) is 4.68 Å². The number of rotatable bonds is 7. The van der Waals surface area contributed by atoms with Crippen LogP contribution in [0.4, 0.5) is 5.82 Å². The van der Waals surface area contributed by atoms with Crippen molar-refractivity contribution in [1.29, 1.82) is 0 Å². The van der Waals surface area contributed by atoms with Gasteiger partial charge in [0.2, 0.25) is 5.88 Å². The van der Waals surface area contributed by atoms with Crippen molar-refractivity contribution in [3.05, 3.63) is 6.07 Å². The summed E-state index contributed by atoms with van der Waals surface area (Å²) >= 11 is 0. The van der Waals surface area contributed by atoms with E-state index in [1.165, 1.54) is 24.9 Å². The van der Waals surface area contributed by atoms with Gasteiger partial charge >= 0.3 is 16.2 Å². The molecule has 0 aliphatic heterocycles. The van der Waals surface area contributed by atoms with Gasteiger partial charge in [0.25, 0.3) is 0 Å². The van der Waals surface area contributed by atoms with Gasteiger partial charge in [0.15, 0.2) is 5.82 Å². The highest BCUT2D eigenvalue weighted by Crippen LogP contribution is 2.16. The van der Waals surface area contributed by atoms with Crippen LogP contribution in [-0.2, 0) is 22.1 Å². The van der Waals surface area contributed by atoms with Crippen molar-refractivity contribution in [2.75, 3.05) is 25.4 Å². The zero-order valence-electron chi connectivity index (χ0n) is 10.8. The van der Waals surface area contributed by atoms with Crippen molar-refractivity contribution in [3.63, 3.8) is 0 Å². The maximum atomic E-state index is 11.9. The van der Waals surface area contributed by atoms with Crippen molar-refractivity contribution in [2.45, 2.75) is 6.42 Å². The van der Waals surface area contributed by atoms with E-state index in [4.69, 9.17) is 9.84 Å². The lowest BCUT2D eigenvalue weighted by atomic mass is 10.4. The molecule has 0 aliphatic carbocycles. The summed E-state index contributed by atoms with van der Waals surface area (Å²) in [5.41, 5.74) is 0. The van der Waals surface area contributed by atoms with Crippen LogP contribution in [0.25, 0.3) is 0 Å². The Morgan fingerprint density at radius 3 is 2.74 bits per heavy atom. The summed E-state index contributed by atoms with van der Waals surface area (Å²) in [6.45, 7) is -0.130. The van der Waals surface area contributed by atoms with Crippen LogP contribution in [0.5, 0.6) is 5.88 Å². The molecule has 0 saturated heterocycles. The largest absolute Gasteiger partial charge is 0.481 e. The molecule has 19 heavy (non-hydrogen) atoms. The third kappa shape index (κ3) is 4.10. The van der Waals surface area contributed by atoms with Crippen LogP contribution in [0.15, 0.2) is 6.07 Å². The summed E-state index contributed by atoms with van der Waals surface area (Å²) in [4.78, 5) is 10.4. The van der Waals surface area contributed by atoms with E-state index in [1.807, 2.05) is 0 Å². The number of carboxylic acids is 1. The summed E-state index contributed by atoms with van der Waals surface area (Å²) in [5.74, 6) is -0.575. The number of hydrogen-bond acceptors (Lipinski definition) is 5. The molecule has 0 amide bonds. The van der Waals surface area contributed by atoms with E-state index in [1.54, 1.807) is 7.05 Å². The summed E-state index contributed by atoms with van der Waals surface area (Å²) in [6, 6.07) is 1.42. The molecule has 1 aromatic rings. The third-order valence-corrected chi connectivity index (χ3v) is 3.80. The molecule has 9 nitrogen and oxygen atoms in total. The molecule has 0 bridgehead atoms. The quantitative estimate of drug-likeness (QED) is 0.700. The second-order valence-corrected chi connectivity index (χ2v) is 5.55. The van der Waals surface area contributed by atoms with Crippen LogP contribution in [0, 0.1) is 0 Å². The number of hydrogen-bond donors (Lipinski definition) is 2. The summed E-state index contributed by atoms with van der Waals surface area (Å²) in [6.07, 6.45) is -0.275. The Morgan fingerprint density at radius 1 is 1.63 bits per heavy atom. The Kier molecular flexibility index (Phi) is 4.72. The van der Waals surface area contributed by atoms with Gasteiger partial charge in [-0.2, -0.15) is 17.8 Å². The Morgan fingerprint density at radius 2 is 2.26 bits per heavy atom. The predicted molar refractivity (Wildman–Crippen MR) is 67.2 cm³/mol. The van der Waals surface area contributed by atoms with Gasteiger partial charge in [0, 0.05) is 26.7 Å². The lowest BCUT2D eigenvalue weighted by molar-refractivity contribution is -0.137. The lowest BCUT2D eigenvalue weighted by Crippen LogP contribution is -2.34. The summed E-state index contributed by atoms with van der Waals surface area (Å²) in [5, 5.41) is 12.4. The molecule has 1 aromatic heterocycles. The minimum atomic E-state index is -3.83. The average molecular weight is 292 g/mol.